The van der Waals surface area contributed by atoms with Crippen molar-refractivity contribution in [1.29, 1.82) is 0 Å². The van der Waals surface area contributed by atoms with Gasteiger partial charge >= 0.3 is 0 Å². The van der Waals surface area contributed by atoms with Crippen LogP contribution in [0, 0.1) is 0 Å². The van der Waals surface area contributed by atoms with E-state index in [9.17, 15) is 13.2 Å². The van der Waals surface area contributed by atoms with E-state index in [2.05, 4.69) is 10.0 Å². The lowest BCUT2D eigenvalue weighted by Crippen LogP contribution is -2.28. The Morgan fingerprint density at radius 3 is 2.44 bits per heavy atom. The van der Waals surface area contributed by atoms with Crippen LogP contribution in [0.4, 0.5) is 5.69 Å². The van der Waals surface area contributed by atoms with Crippen LogP contribution in [0.25, 0.3) is 0 Å². The summed E-state index contributed by atoms with van der Waals surface area (Å²) in [6.45, 7) is 0.883. The van der Waals surface area contributed by atoms with Gasteiger partial charge in [0.05, 0.1) is 11.6 Å². The monoisotopic (exact) mass is 412 g/mol. The molecule has 0 aliphatic rings. The van der Waals surface area contributed by atoms with E-state index < -0.39 is 10.0 Å². The van der Waals surface area contributed by atoms with Crippen LogP contribution < -0.4 is 14.8 Å². The fraction of sp³-hybridized carbons (Fsp3) is 0.278. The van der Waals surface area contributed by atoms with Crippen molar-refractivity contribution in [2.45, 2.75) is 11.3 Å². The lowest BCUT2D eigenvalue weighted by Gasteiger charge is -2.09. The van der Waals surface area contributed by atoms with E-state index in [1.807, 2.05) is 0 Å². The molecule has 0 aliphatic heterocycles. The Labute approximate surface area is 163 Å². The van der Waals surface area contributed by atoms with E-state index in [1.165, 1.54) is 12.1 Å². The highest BCUT2D eigenvalue weighted by Crippen LogP contribution is 2.20. The number of methoxy groups -OCH3 is 1. The van der Waals surface area contributed by atoms with E-state index in [0.717, 1.165) is 0 Å². The van der Waals surface area contributed by atoms with Gasteiger partial charge in [-0.05, 0) is 36.4 Å². The Morgan fingerprint density at radius 1 is 1.07 bits per heavy atom. The van der Waals surface area contributed by atoms with Crippen LogP contribution in [0.5, 0.6) is 5.75 Å². The molecule has 9 heteroatoms. The van der Waals surface area contributed by atoms with Gasteiger partial charge in [-0.15, -0.1) is 0 Å². The molecule has 0 saturated carbocycles. The molecule has 0 aromatic heterocycles. The van der Waals surface area contributed by atoms with Crippen molar-refractivity contribution in [2.75, 3.05) is 32.2 Å². The minimum Gasteiger partial charge on any atom is -0.491 e. The van der Waals surface area contributed by atoms with Crippen molar-refractivity contribution < 1.29 is 22.7 Å². The maximum absolute atomic E-state index is 12.2. The summed E-state index contributed by atoms with van der Waals surface area (Å²) in [4.78, 5) is 12.0. The largest absolute Gasteiger partial charge is 0.491 e. The topological polar surface area (TPSA) is 93.7 Å². The lowest BCUT2D eigenvalue weighted by atomic mass is 10.3. The maximum atomic E-state index is 12.2. The number of hydrogen-bond donors (Lipinski definition) is 2. The highest BCUT2D eigenvalue weighted by atomic mass is 35.5. The molecule has 0 saturated heterocycles. The second kappa shape index (κ2) is 10.3. The highest BCUT2D eigenvalue weighted by Gasteiger charge is 2.17. The quantitative estimate of drug-likeness (QED) is 0.585. The minimum atomic E-state index is -3.76. The van der Waals surface area contributed by atoms with E-state index in [4.69, 9.17) is 21.1 Å². The molecule has 1 amide bonds. The molecule has 0 radical (unpaired) electrons. The molecule has 0 fully saturated rings. The zero-order valence-electron chi connectivity index (χ0n) is 14.8. The molecular weight excluding hydrogens is 392 g/mol. The summed E-state index contributed by atoms with van der Waals surface area (Å²) < 4.78 is 37.1. The second-order valence-electron chi connectivity index (χ2n) is 5.49. The predicted molar refractivity (Wildman–Crippen MR) is 104 cm³/mol. The Balaban J connectivity index is 1.80. The van der Waals surface area contributed by atoms with E-state index >= 15 is 0 Å². The molecule has 2 aromatic carbocycles. The molecule has 0 atom stereocenters. The number of anilines is 1. The molecule has 2 rings (SSSR count). The molecule has 2 N–H and O–H groups in total. The average Bonchev–Trinajstić information content (AvgIpc) is 2.63. The van der Waals surface area contributed by atoms with Gasteiger partial charge in [0.1, 0.15) is 17.3 Å². The van der Waals surface area contributed by atoms with E-state index in [1.54, 1.807) is 43.5 Å². The van der Waals surface area contributed by atoms with E-state index in [-0.39, 0.29) is 28.8 Å². The number of carbonyl (C=O) groups is 1. The van der Waals surface area contributed by atoms with E-state index in [0.29, 0.717) is 24.7 Å². The first kappa shape index (κ1) is 21.2. The number of sulfonamides is 1. The molecule has 0 bridgehead atoms. The van der Waals surface area contributed by atoms with Gasteiger partial charge in [-0.1, -0.05) is 23.7 Å². The zero-order valence-corrected chi connectivity index (χ0v) is 16.3. The van der Waals surface area contributed by atoms with Gasteiger partial charge in [-0.3, -0.25) is 4.79 Å². The van der Waals surface area contributed by atoms with Gasteiger partial charge in [0, 0.05) is 25.8 Å². The number of halogens is 1. The highest BCUT2D eigenvalue weighted by molar-refractivity contribution is 7.89. The van der Waals surface area contributed by atoms with Crippen LogP contribution >= 0.6 is 11.6 Å². The van der Waals surface area contributed by atoms with Crippen LogP contribution in [-0.4, -0.2) is 41.2 Å². The first-order chi connectivity index (χ1) is 12.9. The third-order valence-electron chi connectivity index (χ3n) is 3.46. The van der Waals surface area contributed by atoms with Crippen molar-refractivity contribution in [2.24, 2.45) is 0 Å². The summed E-state index contributed by atoms with van der Waals surface area (Å²) in [6, 6.07) is 13.0. The number of hydrogen-bond acceptors (Lipinski definition) is 5. The van der Waals surface area contributed by atoms with Crippen LogP contribution in [0.15, 0.2) is 53.4 Å². The number of ether oxygens (including phenoxy) is 2. The minimum absolute atomic E-state index is 0.0175. The third kappa shape index (κ3) is 6.84. The summed E-state index contributed by atoms with van der Waals surface area (Å²) in [6.07, 6.45) is -0.0181. The standard InChI is InChI=1S/C18H21ClN2O5S/c1-25-12-13-26-15-8-6-14(7-9-15)21-18(22)10-11-20-27(23,24)17-5-3-2-4-16(17)19/h2-9,20H,10-13H2,1H3,(H,21,22). The number of nitrogens with one attached hydrogen (secondary N) is 2. The molecule has 0 spiro atoms. The Bertz CT molecular complexity index is 856. The van der Waals surface area contributed by atoms with Crippen LogP contribution in [0.3, 0.4) is 0 Å². The van der Waals surface area contributed by atoms with Crippen LogP contribution in [0.2, 0.25) is 5.02 Å². The molecule has 2 aromatic rings. The molecule has 0 aliphatic carbocycles. The smallest absolute Gasteiger partial charge is 0.242 e. The van der Waals surface area contributed by atoms with Crippen LogP contribution in [0.1, 0.15) is 6.42 Å². The fourth-order valence-corrected chi connectivity index (χ4v) is 3.69. The van der Waals surface area contributed by atoms with Crippen molar-refractivity contribution in [3.63, 3.8) is 0 Å². The van der Waals surface area contributed by atoms with Crippen molar-refractivity contribution in [1.82, 2.24) is 4.72 Å². The number of rotatable bonds is 10. The SMILES string of the molecule is COCCOc1ccc(NC(=O)CCNS(=O)(=O)c2ccccc2Cl)cc1. The summed E-state index contributed by atoms with van der Waals surface area (Å²) in [5, 5.41) is 2.82. The molecule has 146 valence electrons. The summed E-state index contributed by atoms with van der Waals surface area (Å²) in [7, 11) is -2.17. The van der Waals surface area contributed by atoms with Gasteiger partial charge in [-0.2, -0.15) is 0 Å². The normalized spacial score (nSPS) is 11.2. The molecule has 0 unspecified atom stereocenters. The summed E-state index contributed by atoms with van der Waals surface area (Å²) in [5.74, 6) is 0.349. The summed E-state index contributed by atoms with van der Waals surface area (Å²) >= 11 is 5.89. The Kier molecular flexibility index (Phi) is 8.05. The van der Waals surface area contributed by atoms with Gasteiger partial charge in [0.2, 0.25) is 15.9 Å². The van der Waals surface area contributed by atoms with Gasteiger partial charge in [-0.25, -0.2) is 13.1 Å². The average molecular weight is 413 g/mol. The molecule has 27 heavy (non-hydrogen) atoms. The number of benzene rings is 2. The van der Waals surface area contributed by atoms with Gasteiger partial charge in [0.25, 0.3) is 0 Å². The number of amides is 1. The van der Waals surface area contributed by atoms with Gasteiger partial charge < -0.3 is 14.8 Å². The first-order valence-electron chi connectivity index (χ1n) is 8.18. The Morgan fingerprint density at radius 2 is 1.78 bits per heavy atom. The third-order valence-corrected chi connectivity index (χ3v) is 5.43. The predicted octanol–water partition coefficient (Wildman–Crippen LogP) is 2.67. The maximum Gasteiger partial charge on any atom is 0.242 e. The van der Waals surface area contributed by atoms with Crippen molar-refractivity contribution >= 4 is 33.2 Å². The van der Waals surface area contributed by atoms with Gasteiger partial charge in [0.15, 0.2) is 0 Å². The lowest BCUT2D eigenvalue weighted by molar-refractivity contribution is -0.116. The molecule has 7 nitrogen and oxygen atoms in total. The van der Waals surface area contributed by atoms with Crippen molar-refractivity contribution in [3.05, 3.63) is 53.6 Å². The first-order valence-corrected chi connectivity index (χ1v) is 10.0. The zero-order chi connectivity index (χ0) is 19.7. The molecular formula is C18H21ClN2O5S. The fourth-order valence-electron chi connectivity index (χ4n) is 2.14. The summed E-state index contributed by atoms with van der Waals surface area (Å²) in [5.41, 5.74) is 0.591. The molecule has 0 heterocycles. The Hall–Kier alpha value is -2.13. The number of carbonyl (C=O) groups excluding carboxylic acids is 1. The van der Waals surface area contributed by atoms with Crippen LogP contribution in [-0.2, 0) is 19.6 Å². The second-order valence-corrected chi connectivity index (χ2v) is 7.63. The van der Waals surface area contributed by atoms with Crippen molar-refractivity contribution in [3.8, 4) is 5.75 Å².